The van der Waals surface area contributed by atoms with Crippen LogP contribution in [0, 0.1) is 0 Å². The van der Waals surface area contributed by atoms with E-state index in [1.165, 1.54) is 0 Å². The fourth-order valence-electron chi connectivity index (χ4n) is 2.68. The fraction of sp³-hybridized carbons (Fsp3) is 1.00. The van der Waals surface area contributed by atoms with Gasteiger partial charge in [0, 0.05) is 19.1 Å². The van der Waals surface area contributed by atoms with Crippen LogP contribution in [0.3, 0.4) is 0 Å². The lowest BCUT2D eigenvalue weighted by Crippen LogP contribution is -2.44. The Balaban J connectivity index is 1.82. The molecule has 2 aliphatic rings. The van der Waals surface area contributed by atoms with Crippen LogP contribution in [-0.4, -0.2) is 36.3 Å². The average molecular weight is 200 g/mol. The maximum absolute atomic E-state index is 13.2. The van der Waals surface area contributed by atoms with Gasteiger partial charge in [-0.05, 0) is 38.5 Å². The van der Waals surface area contributed by atoms with Crippen LogP contribution < -0.4 is 0 Å². The molecule has 0 aromatic heterocycles. The minimum absolute atomic E-state index is 0.365. The van der Waals surface area contributed by atoms with Gasteiger partial charge in [-0.1, -0.05) is 0 Å². The molecule has 0 aromatic carbocycles. The van der Waals surface area contributed by atoms with Gasteiger partial charge in [-0.15, -0.1) is 0 Å². The zero-order valence-electron chi connectivity index (χ0n) is 8.62. The molecule has 2 rings (SSSR count). The Hall–Kier alpha value is -0.150. The molecule has 2 atom stereocenters. The monoisotopic (exact) mass is 200 g/mol. The second-order valence-corrected chi connectivity index (χ2v) is 4.65. The molecule has 14 heavy (non-hydrogen) atoms. The molecule has 0 amide bonds. The first-order valence-corrected chi connectivity index (χ1v) is 5.79. The van der Waals surface area contributed by atoms with Crippen LogP contribution in [-0.2, 0) is 5.11 Å². The predicted octanol–water partition coefficient (Wildman–Crippen LogP) is 2.16. The highest BCUT2D eigenvalue weighted by molar-refractivity contribution is 4.83. The summed E-state index contributed by atoms with van der Waals surface area (Å²) in [4.78, 5) is 2.33. The number of nitrogens with zero attached hydrogens (tertiary/aromatic N) is 1. The van der Waals surface area contributed by atoms with E-state index in [9.17, 15) is 9.50 Å². The highest BCUT2D eigenvalue weighted by Gasteiger charge is 2.29. The summed E-state index contributed by atoms with van der Waals surface area (Å²) in [6.07, 6.45) is 4.14. The third kappa shape index (κ3) is 2.45. The van der Waals surface area contributed by atoms with Gasteiger partial charge in [0.1, 0.15) is 6.17 Å². The largest absolute Gasteiger partial charge is 0.300 e. The van der Waals surface area contributed by atoms with Gasteiger partial charge < -0.3 is 4.90 Å². The van der Waals surface area contributed by atoms with Crippen LogP contribution in [0.5, 0.6) is 0 Å². The predicted molar refractivity (Wildman–Crippen MR) is 52.4 cm³/mol. The van der Waals surface area contributed by atoms with Crippen LogP contribution >= 0.6 is 0 Å². The highest BCUT2D eigenvalue weighted by atomic mass is 19.1. The lowest BCUT2D eigenvalue weighted by molar-refractivity contribution is 0.00367. The second kappa shape index (κ2) is 4.58. The van der Waals surface area contributed by atoms with Crippen LogP contribution in [0.25, 0.3) is 0 Å². The summed E-state index contributed by atoms with van der Waals surface area (Å²) in [5, 5.41) is 11.1. The van der Waals surface area contributed by atoms with Gasteiger partial charge in [-0.2, -0.15) is 0 Å². The van der Waals surface area contributed by atoms with Crippen molar-refractivity contribution in [2.24, 2.45) is 0 Å². The van der Waals surface area contributed by atoms with Gasteiger partial charge in [0.05, 0.1) is 6.10 Å². The van der Waals surface area contributed by atoms with Crippen molar-refractivity contribution in [1.82, 2.24) is 4.90 Å². The molecule has 0 N–H and O–H groups in total. The molecular weight excluding hydrogens is 181 g/mol. The van der Waals surface area contributed by atoms with E-state index in [0.717, 1.165) is 45.2 Å². The molecule has 1 saturated carbocycles. The van der Waals surface area contributed by atoms with Gasteiger partial charge in [0.25, 0.3) is 0 Å². The molecule has 2 nitrogen and oxygen atoms in total. The van der Waals surface area contributed by atoms with Crippen LogP contribution in [0.2, 0.25) is 0 Å². The molecule has 0 bridgehead atoms. The zero-order valence-corrected chi connectivity index (χ0v) is 8.62. The molecular formula is C11H19FNO. The molecule has 1 heterocycles. The van der Waals surface area contributed by atoms with E-state index in [2.05, 4.69) is 4.90 Å². The van der Waals surface area contributed by atoms with Crippen molar-refractivity contribution in [1.29, 1.82) is 0 Å². The summed E-state index contributed by atoms with van der Waals surface area (Å²) >= 11 is 0. The van der Waals surface area contributed by atoms with E-state index in [0.29, 0.717) is 12.5 Å². The molecule has 3 heteroatoms. The Morgan fingerprint density at radius 2 is 1.79 bits per heavy atom. The Bertz CT molecular complexity index is 180. The standard InChI is InChI=1S/C11H19FNO/c12-9-2-1-3-10(8-9)13-6-4-11(14)5-7-13/h9-11H,1-8H2. The second-order valence-electron chi connectivity index (χ2n) is 4.65. The Kier molecular flexibility index (Phi) is 3.39. The van der Waals surface area contributed by atoms with Crippen LogP contribution in [0.1, 0.15) is 38.5 Å². The summed E-state index contributed by atoms with van der Waals surface area (Å²) in [5.41, 5.74) is 0. The first-order valence-electron chi connectivity index (χ1n) is 5.79. The van der Waals surface area contributed by atoms with E-state index in [1.807, 2.05) is 0 Å². The van der Waals surface area contributed by atoms with Crippen molar-refractivity contribution in [3.63, 3.8) is 0 Å². The molecule has 81 valence electrons. The van der Waals surface area contributed by atoms with Crippen molar-refractivity contribution in [2.45, 2.75) is 56.8 Å². The van der Waals surface area contributed by atoms with E-state index in [4.69, 9.17) is 0 Å². The van der Waals surface area contributed by atoms with Crippen molar-refractivity contribution in [2.75, 3.05) is 13.1 Å². The number of alkyl halides is 1. The van der Waals surface area contributed by atoms with Crippen LogP contribution in [0.4, 0.5) is 4.39 Å². The number of halogens is 1. The zero-order chi connectivity index (χ0) is 9.97. The maximum atomic E-state index is 13.2. The van der Waals surface area contributed by atoms with E-state index in [1.54, 1.807) is 0 Å². The lowest BCUT2D eigenvalue weighted by atomic mass is 9.91. The minimum Gasteiger partial charge on any atom is -0.300 e. The van der Waals surface area contributed by atoms with Gasteiger partial charge in [0.2, 0.25) is 0 Å². The van der Waals surface area contributed by atoms with Gasteiger partial charge >= 0.3 is 0 Å². The maximum Gasteiger partial charge on any atom is 0.102 e. The fourth-order valence-corrected chi connectivity index (χ4v) is 2.68. The summed E-state index contributed by atoms with van der Waals surface area (Å²) in [6.45, 7) is 1.79. The first kappa shape index (κ1) is 10.4. The van der Waals surface area contributed by atoms with Crippen molar-refractivity contribution >= 4 is 0 Å². The summed E-state index contributed by atoms with van der Waals surface area (Å²) in [7, 11) is 0. The SMILES string of the molecule is [O]C1CCN(C2CCCC(F)C2)CC1. The number of likely N-dealkylation sites (tertiary alicyclic amines) is 1. The van der Waals surface area contributed by atoms with Crippen molar-refractivity contribution < 1.29 is 9.50 Å². The van der Waals surface area contributed by atoms with Crippen molar-refractivity contribution in [3.8, 4) is 0 Å². The molecule has 1 aliphatic carbocycles. The molecule has 1 saturated heterocycles. The summed E-state index contributed by atoms with van der Waals surface area (Å²) in [6, 6.07) is 0.422. The van der Waals surface area contributed by atoms with Gasteiger partial charge in [0.15, 0.2) is 0 Å². The number of hydrogen-bond donors (Lipinski definition) is 0. The highest BCUT2D eigenvalue weighted by Crippen LogP contribution is 2.27. The quantitative estimate of drug-likeness (QED) is 0.636. The molecule has 2 unspecified atom stereocenters. The third-order valence-electron chi connectivity index (χ3n) is 3.58. The molecule has 1 aliphatic heterocycles. The lowest BCUT2D eigenvalue weighted by Gasteiger charge is -2.38. The number of hydrogen-bond acceptors (Lipinski definition) is 1. The molecule has 0 spiro atoms. The van der Waals surface area contributed by atoms with Crippen LogP contribution in [0.15, 0.2) is 0 Å². The Morgan fingerprint density at radius 3 is 2.43 bits per heavy atom. The number of piperidine rings is 1. The smallest absolute Gasteiger partial charge is 0.102 e. The third-order valence-corrected chi connectivity index (χ3v) is 3.58. The average Bonchev–Trinajstić information content (AvgIpc) is 2.19. The molecule has 1 radical (unpaired) electrons. The van der Waals surface area contributed by atoms with Gasteiger partial charge in [-0.3, -0.25) is 0 Å². The first-order chi connectivity index (χ1) is 6.75. The Morgan fingerprint density at radius 1 is 1.07 bits per heavy atom. The van der Waals surface area contributed by atoms with E-state index >= 15 is 0 Å². The summed E-state index contributed by atoms with van der Waals surface area (Å²) < 4.78 is 13.2. The molecule has 2 fully saturated rings. The summed E-state index contributed by atoms with van der Waals surface area (Å²) in [5.74, 6) is 0. The molecule has 0 aromatic rings. The van der Waals surface area contributed by atoms with E-state index in [-0.39, 0.29) is 6.10 Å². The van der Waals surface area contributed by atoms with E-state index < -0.39 is 6.17 Å². The Labute approximate surface area is 85.1 Å². The van der Waals surface area contributed by atoms with Crippen molar-refractivity contribution in [3.05, 3.63) is 0 Å². The topological polar surface area (TPSA) is 23.1 Å². The van der Waals surface area contributed by atoms with Gasteiger partial charge in [-0.25, -0.2) is 9.50 Å². The number of rotatable bonds is 1. The normalized spacial score (nSPS) is 37.3. The minimum atomic E-state index is -0.598.